The quantitative estimate of drug-likeness (QED) is 0.362. The fourth-order valence-corrected chi connectivity index (χ4v) is 4.52. The lowest BCUT2D eigenvalue weighted by Gasteiger charge is -2.39. The Balaban J connectivity index is 1.33. The number of morpholine rings is 1. The number of aromatic nitrogens is 3. The van der Waals surface area contributed by atoms with Gasteiger partial charge in [0.15, 0.2) is 5.82 Å². The number of anilines is 4. The molecule has 2 aliphatic rings. The predicted molar refractivity (Wildman–Crippen MR) is 134 cm³/mol. The number of hydrogen-bond acceptors (Lipinski definition) is 8. The summed E-state index contributed by atoms with van der Waals surface area (Å²) in [4.78, 5) is 25.5. The minimum atomic E-state index is -4.65. The van der Waals surface area contributed by atoms with Crippen LogP contribution >= 0.6 is 27.5 Å². The van der Waals surface area contributed by atoms with Crippen molar-refractivity contribution in [3.05, 3.63) is 63.6 Å². The third kappa shape index (κ3) is 5.56. The molecule has 3 atom stereocenters. The molecule has 2 aliphatic heterocycles. The van der Waals surface area contributed by atoms with Gasteiger partial charge in [0.2, 0.25) is 0 Å². The summed E-state index contributed by atoms with van der Waals surface area (Å²) in [6.07, 6.45) is -3.61. The number of fused-ring (bicyclic) bond motifs is 5. The van der Waals surface area contributed by atoms with Crippen molar-refractivity contribution in [3.63, 3.8) is 0 Å². The second kappa shape index (κ2) is 9.93. The van der Waals surface area contributed by atoms with Gasteiger partial charge in [-0.25, -0.2) is 9.78 Å². The summed E-state index contributed by atoms with van der Waals surface area (Å²) >= 11 is 9.14. The molecule has 3 N–H and O–H groups in total. The maximum absolute atomic E-state index is 13.1. The average Bonchev–Trinajstić information content (AvgIpc) is 2.90. The molecule has 10 nitrogen and oxygen atoms in total. The van der Waals surface area contributed by atoms with E-state index < -0.39 is 22.8 Å². The number of hydrogen-bond donors (Lipinski definition) is 3. The van der Waals surface area contributed by atoms with Crippen molar-refractivity contribution in [2.24, 2.45) is 0 Å². The topological polar surface area (TPSA) is 108 Å². The summed E-state index contributed by atoms with van der Waals surface area (Å²) < 4.78 is 46.0. The summed E-state index contributed by atoms with van der Waals surface area (Å²) in [5.74, 6) is 0.907. The molecule has 0 spiro atoms. The number of amides is 2. The fourth-order valence-electron chi connectivity index (χ4n) is 3.96. The van der Waals surface area contributed by atoms with Crippen LogP contribution in [-0.4, -0.2) is 45.2 Å². The van der Waals surface area contributed by atoms with Crippen molar-refractivity contribution in [2.45, 2.75) is 25.3 Å². The molecule has 2 aromatic carbocycles. The highest BCUT2D eigenvalue weighted by molar-refractivity contribution is 9.10. The number of alkyl halides is 3. The van der Waals surface area contributed by atoms with Gasteiger partial charge >= 0.3 is 12.2 Å². The predicted octanol–water partition coefficient (Wildman–Crippen LogP) is 5.47. The van der Waals surface area contributed by atoms with Gasteiger partial charge < -0.3 is 15.4 Å². The van der Waals surface area contributed by atoms with Crippen LogP contribution in [0.2, 0.25) is 5.02 Å². The van der Waals surface area contributed by atoms with Crippen molar-refractivity contribution in [1.82, 2.24) is 20.0 Å². The third-order valence-corrected chi connectivity index (χ3v) is 6.58. The minimum absolute atomic E-state index is 0.0594. The zero-order chi connectivity index (χ0) is 26.3. The third-order valence-electron chi connectivity index (χ3n) is 5.56. The molecule has 3 heterocycles. The first-order chi connectivity index (χ1) is 17.6. The molecule has 0 radical (unpaired) electrons. The Labute approximate surface area is 222 Å². The molecule has 2 amide bonds. The summed E-state index contributed by atoms with van der Waals surface area (Å²) in [6.45, 7) is 3.03. The first-order valence-corrected chi connectivity index (χ1v) is 12.1. The minimum Gasteiger partial charge on any atom is -0.364 e. The van der Waals surface area contributed by atoms with Crippen LogP contribution in [0.3, 0.4) is 0 Å². The molecule has 1 fully saturated rings. The highest BCUT2D eigenvalue weighted by Crippen LogP contribution is 2.36. The Morgan fingerprint density at radius 1 is 1.14 bits per heavy atom. The largest absolute Gasteiger partial charge is 0.417 e. The van der Waals surface area contributed by atoms with Crippen LogP contribution < -0.4 is 21.2 Å². The first-order valence-electron chi connectivity index (χ1n) is 11.0. The van der Waals surface area contributed by atoms with Crippen molar-refractivity contribution >= 4 is 56.6 Å². The van der Waals surface area contributed by atoms with Crippen LogP contribution in [0.1, 0.15) is 24.4 Å². The second-order valence-electron chi connectivity index (χ2n) is 8.34. The molecule has 194 valence electrons. The fraction of sp³-hybridized carbons (Fsp3) is 0.273. The molecule has 37 heavy (non-hydrogen) atoms. The molecular formula is C22H19BrClF3N8O2. The highest BCUT2D eigenvalue weighted by atomic mass is 79.9. The number of urea groups is 1. The van der Waals surface area contributed by atoms with E-state index in [1.54, 1.807) is 23.3 Å². The Kier molecular flexibility index (Phi) is 6.83. The SMILES string of the molecule is CC1CN2CC(O1)c1ncnc(n1)N2Nc1cc(NC(=O)Nc2ccc(Cl)c(C(F)(F)F)c2)ccc1Br. The number of hydrazine groups is 2. The van der Waals surface area contributed by atoms with E-state index in [-0.39, 0.29) is 17.9 Å². The van der Waals surface area contributed by atoms with Gasteiger partial charge in [0.25, 0.3) is 5.95 Å². The molecule has 5 rings (SSSR count). The molecule has 0 aliphatic carbocycles. The van der Waals surface area contributed by atoms with Gasteiger partial charge in [0.05, 0.1) is 28.9 Å². The van der Waals surface area contributed by atoms with Crippen LogP contribution in [0.25, 0.3) is 0 Å². The van der Waals surface area contributed by atoms with E-state index in [1.807, 2.05) is 11.9 Å². The summed E-state index contributed by atoms with van der Waals surface area (Å²) in [7, 11) is 0. The van der Waals surface area contributed by atoms with Gasteiger partial charge in [-0.3, -0.25) is 5.43 Å². The number of carbonyl (C=O) groups excluding carboxylic acids is 1. The van der Waals surface area contributed by atoms with Gasteiger partial charge in [0, 0.05) is 22.4 Å². The normalized spacial score (nSPS) is 20.7. The number of rotatable bonds is 4. The summed E-state index contributed by atoms with van der Waals surface area (Å²) in [5.41, 5.74) is 3.11. The number of halogens is 5. The van der Waals surface area contributed by atoms with Crippen molar-refractivity contribution in [3.8, 4) is 0 Å². The molecule has 4 bridgehead atoms. The van der Waals surface area contributed by atoms with Crippen molar-refractivity contribution < 1.29 is 22.7 Å². The zero-order valence-corrected chi connectivity index (χ0v) is 21.4. The van der Waals surface area contributed by atoms with Gasteiger partial charge in [-0.15, -0.1) is 0 Å². The van der Waals surface area contributed by atoms with Crippen molar-refractivity contribution in [1.29, 1.82) is 0 Å². The van der Waals surface area contributed by atoms with E-state index in [9.17, 15) is 18.0 Å². The number of carbonyl (C=O) groups is 1. The maximum atomic E-state index is 13.1. The molecule has 3 unspecified atom stereocenters. The molecular weight excluding hydrogens is 581 g/mol. The molecule has 0 saturated carbocycles. The molecule has 3 aromatic rings. The standard InChI is InChI=1S/C22H19BrClF3N8O2/c1-11-8-34-9-18(37-11)19-28-10-29-20(32-19)35(34)33-17-7-13(2-4-15(17)23)31-21(36)30-12-3-5-16(24)14(6-12)22(25,26)27/h2-7,10-11,18,33H,8-9H2,1H3,(H2,30,31,36). The molecule has 15 heteroatoms. The lowest BCUT2D eigenvalue weighted by Crippen LogP contribution is -2.53. The van der Waals surface area contributed by atoms with Crippen LogP contribution in [0.4, 0.5) is 41.0 Å². The van der Waals surface area contributed by atoms with Crippen LogP contribution in [0.5, 0.6) is 0 Å². The number of benzene rings is 2. The monoisotopic (exact) mass is 598 g/mol. The second-order valence-corrected chi connectivity index (χ2v) is 9.60. The van der Waals surface area contributed by atoms with Gasteiger partial charge in [0.1, 0.15) is 12.4 Å². The lowest BCUT2D eigenvalue weighted by molar-refractivity contribution is -0.137. The van der Waals surface area contributed by atoms with Crippen LogP contribution in [-0.2, 0) is 10.9 Å². The summed E-state index contributed by atoms with van der Waals surface area (Å²) in [5, 5.41) is 8.25. The summed E-state index contributed by atoms with van der Waals surface area (Å²) in [6, 6.07) is 7.40. The maximum Gasteiger partial charge on any atom is 0.417 e. The van der Waals surface area contributed by atoms with E-state index in [2.05, 4.69) is 46.9 Å². The van der Waals surface area contributed by atoms with E-state index in [0.717, 1.165) is 12.1 Å². The number of ether oxygens (including phenoxy) is 1. The average molecular weight is 600 g/mol. The Morgan fingerprint density at radius 2 is 1.86 bits per heavy atom. The smallest absolute Gasteiger partial charge is 0.364 e. The van der Waals surface area contributed by atoms with Gasteiger partial charge in [-0.2, -0.15) is 33.3 Å². The van der Waals surface area contributed by atoms with E-state index in [0.29, 0.717) is 40.7 Å². The van der Waals surface area contributed by atoms with Crippen molar-refractivity contribution in [2.75, 3.05) is 34.3 Å². The first kappa shape index (κ1) is 25.4. The molecule has 1 aromatic heterocycles. The number of nitrogens with one attached hydrogen (secondary N) is 3. The number of nitrogens with zero attached hydrogens (tertiary/aromatic N) is 5. The molecule has 1 saturated heterocycles. The zero-order valence-electron chi connectivity index (χ0n) is 19.1. The highest BCUT2D eigenvalue weighted by Gasteiger charge is 2.36. The van der Waals surface area contributed by atoms with Crippen LogP contribution in [0.15, 0.2) is 47.2 Å². The van der Waals surface area contributed by atoms with Gasteiger partial charge in [-0.1, -0.05) is 11.6 Å². The van der Waals surface area contributed by atoms with E-state index >= 15 is 0 Å². The van der Waals surface area contributed by atoms with Crippen LogP contribution in [0, 0.1) is 0 Å². The van der Waals surface area contributed by atoms with E-state index in [1.165, 1.54) is 12.4 Å². The Morgan fingerprint density at radius 3 is 2.62 bits per heavy atom. The lowest BCUT2D eigenvalue weighted by atomic mass is 10.2. The van der Waals surface area contributed by atoms with E-state index in [4.69, 9.17) is 16.3 Å². The Hall–Kier alpha value is -3.20. The Bertz CT molecular complexity index is 1350. The van der Waals surface area contributed by atoms with Gasteiger partial charge in [-0.05, 0) is 59.3 Å².